The van der Waals surface area contributed by atoms with Gasteiger partial charge in [0.05, 0.1) is 12.1 Å². The number of hydrogen-bond donors (Lipinski definition) is 1. The van der Waals surface area contributed by atoms with Gasteiger partial charge in [0.1, 0.15) is 0 Å². The van der Waals surface area contributed by atoms with Crippen molar-refractivity contribution in [2.45, 2.75) is 32.4 Å². The van der Waals surface area contributed by atoms with E-state index >= 15 is 0 Å². The number of hydrogen-bond acceptors (Lipinski definition) is 2. The molecule has 21 heavy (non-hydrogen) atoms. The number of likely N-dealkylation sites (N-methyl/N-ethyl adjacent to an activating group) is 1. The molecule has 0 aliphatic carbocycles. The summed E-state index contributed by atoms with van der Waals surface area (Å²) in [4.78, 5) is 0. The molecule has 0 bridgehead atoms. The molecule has 2 nitrogen and oxygen atoms in total. The fraction of sp³-hybridized carbons (Fsp3) is 0.444. The topological polar surface area (TPSA) is 21.3 Å². The number of ether oxygens (including phenoxy) is 1. The molecule has 0 aromatic heterocycles. The third-order valence-electron chi connectivity index (χ3n) is 4.44. The lowest BCUT2D eigenvalue weighted by molar-refractivity contribution is 0.0616. The summed E-state index contributed by atoms with van der Waals surface area (Å²) in [5.41, 5.74) is 1.34. The van der Waals surface area contributed by atoms with Crippen molar-refractivity contribution in [3.63, 3.8) is 0 Å². The van der Waals surface area contributed by atoms with E-state index in [0.717, 1.165) is 24.0 Å². The molecule has 3 rings (SSSR count). The summed E-state index contributed by atoms with van der Waals surface area (Å²) in [6.45, 7) is 6.28. The van der Waals surface area contributed by atoms with Crippen LogP contribution in [0.3, 0.4) is 0 Å². The first-order valence-corrected chi connectivity index (χ1v) is 8.53. The van der Waals surface area contributed by atoms with Gasteiger partial charge in [-0.3, -0.25) is 0 Å². The molecule has 1 aliphatic heterocycles. The molecule has 112 valence electrons. The fourth-order valence-corrected chi connectivity index (χ4v) is 3.80. The predicted octanol–water partition coefficient (Wildman–Crippen LogP) is 4.68. The summed E-state index contributed by atoms with van der Waals surface area (Å²) < 4.78 is 7.19. The van der Waals surface area contributed by atoms with Gasteiger partial charge in [-0.2, -0.15) is 0 Å². The maximum atomic E-state index is 6.04. The van der Waals surface area contributed by atoms with E-state index in [-0.39, 0.29) is 12.1 Å². The van der Waals surface area contributed by atoms with E-state index < -0.39 is 0 Å². The van der Waals surface area contributed by atoms with Crippen LogP contribution in [0.15, 0.2) is 40.9 Å². The molecule has 0 radical (unpaired) electrons. The lowest BCUT2D eigenvalue weighted by atomic mass is 9.89. The van der Waals surface area contributed by atoms with E-state index in [1.54, 1.807) is 0 Å². The van der Waals surface area contributed by atoms with Crippen LogP contribution in [0.2, 0.25) is 0 Å². The molecule has 3 heteroatoms. The monoisotopic (exact) mass is 347 g/mol. The summed E-state index contributed by atoms with van der Waals surface area (Å²) in [6, 6.07) is 13.2. The molecule has 1 saturated heterocycles. The smallest absolute Gasteiger partial charge is 0.0796 e. The van der Waals surface area contributed by atoms with Gasteiger partial charge in [0.25, 0.3) is 0 Å². The van der Waals surface area contributed by atoms with Crippen LogP contribution in [0.1, 0.15) is 31.9 Å². The third kappa shape index (κ3) is 2.87. The summed E-state index contributed by atoms with van der Waals surface area (Å²) in [7, 11) is 0. The first-order valence-electron chi connectivity index (χ1n) is 7.74. The molecule has 1 heterocycles. The average molecular weight is 348 g/mol. The summed E-state index contributed by atoms with van der Waals surface area (Å²) >= 11 is 3.66. The highest BCUT2D eigenvalue weighted by Crippen LogP contribution is 2.36. The minimum atomic E-state index is 0.255. The highest BCUT2D eigenvalue weighted by atomic mass is 79.9. The van der Waals surface area contributed by atoms with E-state index in [2.05, 4.69) is 71.5 Å². The van der Waals surface area contributed by atoms with Crippen molar-refractivity contribution in [2.75, 3.05) is 13.2 Å². The van der Waals surface area contributed by atoms with Gasteiger partial charge in [-0.05, 0) is 41.3 Å². The van der Waals surface area contributed by atoms with E-state index in [9.17, 15) is 0 Å². The largest absolute Gasteiger partial charge is 0.376 e. The Hall–Kier alpha value is -0.900. The molecule has 1 aliphatic rings. The fourth-order valence-electron chi connectivity index (χ4n) is 3.32. The SMILES string of the molecule is CCNC(c1ccc(Br)c2ccccc12)C1OCCC1C. The van der Waals surface area contributed by atoms with Crippen LogP contribution in [0.5, 0.6) is 0 Å². The molecule has 3 atom stereocenters. The third-order valence-corrected chi connectivity index (χ3v) is 5.13. The zero-order chi connectivity index (χ0) is 14.8. The zero-order valence-electron chi connectivity index (χ0n) is 12.6. The Morgan fingerprint density at radius 2 is 2.00 bits per heavy atom. The Labute approximate surface area is 135 Å². The first-order chi connectivity index (χ1) is 10.2. The highest BCUT2D eigenvalue weighted by Gasteiger charge is 2.33. The molecular weight excluding hydrogens is 326 g/mol. The normalized spacial score (nSPS) is 23.6. The standard InChI is InChI=1S/C18H22BrNO/c1-3-20-17(18-12(2)10-11-21-18)15-8-9-16(19)14-7-5-4-6-13(14)15/h4-9,12,17-18,20H,3,10-11H2,1-2H3. The van der Waals surface area contributed by atoms with Crippen LogP contribution in [0.4, 0.5) is 0 Å². The van der Waals surface area contributed by atoms with E-state index in [0.29, 0.717) is 5.92 Å². The molecule has 0 amide bonds. The Bertz CT molecular complexity index is 628. The summed E-state index contributed by atoms with van der Waals surface area (Å²) in [5, 5.41) is 6.22. The molecule has 3 unspecified atom stereocenters. The van der Waals surface area contributed by atoms with Crippen molar-refractivity contribution in [2.24, 2.45) is 5.92 Å². The lowest BCUT2D eigenvalue weighted by Crippen LogP contribution is -2.34. The van der Waals surface area contributed by atoms with Gasteiger partial charge in [0, 0.05) is 11.1 Å². The van der Waals surface area contributed by atoms with Crippen molar-refractivity contribution < 1.29 is 4.74 Å². The average Bonchev–Trinajstić information content (AvgIpc) is 2.92. The zero-order valence-corrected chi connectivity index (χ0v) is 14.2. The maximum Gasteiger partial charge on any atom is 0.0796 e. The molecule has 2 aromatic rings. The highest BCUT2D eigenvalue weighted by molar-refractivity contribution is 9.10. The second-order valence-corrected chi connectivity index (χ2v) is 6.67. The number of nitrogens with one attached hydrogen (secondary N) is 1. The van der Waals surface area contributed by atoms with Crippen LogP contribution in [-0.2, 0) is 4.74 Å². The van der Waals surface area contributed by atoms with E-state index in [4.69, 9.17) is 4.74 Å². The van der Waals surface area contributed by atoms with Gasteiger partial charge in [0.2, 0.25) is 0 Å². The predicted molar refractivity (Wildman–Crippen MR) is 91.6 cm³/mol. The van der Waals surface area contributed by atoms with Crippen molar-refractivity contribution in [3.05, 3.63) is 46.4 Å². The number of fused-ring (bicyclic) bond motifs is 1. The summed E-state index contributed by atoms with van der Waals surface area (Å²) in [5.74, 6) is 0.594. The van der Waals surface area contributed by atoms with Crippen LogP contribution in [-0.4, -0.2) is 19.3 Å². The number of rotatable bonds is 4. The van der Waals surface area contributed by atoms with Gasteiger partial charge in [0.15, 0.2) is 0 Å². The number of benzene rings is 2. The Kier molecular flexibility index (Phi) is 4.63. The summed E-state index contributed by atoms with van der Waals surface area (Å²) in [6.07, 6.45) is 1.41. The molecule has 0 spiro atoms. The van der Waals surface area contributed by atoms with Gasteiger partial charge in [-0.1, -0.05) is 60.1 Å². The van der Waals surface area contributed by atoms with Crippen molar-refractivity contribution in [3.8, 4) is 0 Å². The van der Waals surface area contributed by atoms with Crippen LogP contribution in [0.25, 0.3) is 10.8 Å². The maximum absolute atomic E-state index is 6.04. The Morgan fingerprint density at radius 1 is 1.24 bits per heavy atom. The Balaban J connectivity index is 2.09. The lowest BCUT2D eigenvalue weighted by Gasteiger charge is -2.28. The minimum absolute atomic E-state index is 0.255. The molecule has 2 aromatic carbocycles. The van der Waals surface area contributed by atoms with Crippen LogP contribution < -0.4 is 5.32 Å². The van der Waals surface area contributed by atoms with Crippen molar-refractivity contribution in [1.29, 1.82) is 0 Å². The molecule has 0 saturated carbocycles. The van der Waals surface area contributed by atoms with Gasteiger partial charge in [-0.15, -0.1) is 0 Å². The molecule has 1 N–H and O–H groups in total. The molecule has 1 fully saturated rings. The van der Waals surface area contributed by atoms with Crippen LogP contribution in [0, 0.1) is 5.92 Å². The minimum Gasteiger partial charge on any atom is -0.376 e. The van der Waals surface area contributed by atoms with Crippen molar-refractivity contribution in [1.82, 2.24) is 5.32 Å². The Morgan fingerprint density at radius 3 is 2.67 bits per heavy atom. The second kappa shape index (κ2) is 6.47. The van der Waals surface area contributed by atoms with Gasteiger partial charge in [-0.25, -0.2) is 0 Å². The number of halogens is 1. The second-order valence-electron chi connectivity index (χ2n) is 5.82. The van der Waals surface area contributed by atoms with Crippen molar-refractivity contribution >= 4 is 26.7 Å². The van der Waals surface area contributed by atoms with Crippen LogP contribution >= 0.6 is 15.9 Å². The first kappa shape index (κ1) is 15.0. The molecular formula is C18H22BrNO. The quantitative estimate of drug-likeness (QED) is 0.866. The van der Waals surface area contributed by atoms with E-state index in [1.807, 2.05) is 0 Å². The van der Waals surface area contributed by atoms with E-state index in [1.165, 1.54) is 16.3 Å². The van der Waals surface area contributed by atoms with Gasteiger partial charge < -0.3 is 10.1 Å². The van der Waals surface area contributed by atoms with Gasteiger partial charge >= 0.3 is 0 Å².